The van der Waals surface area contributed by atoms with Gasteiger partial charge in [0.1, 0.15) is 17.4 Å². The van der Waals surface area contributed by atoms with Gasteiger partial charge in [-0.2, -0.15) is 5.26 Å². The zero-order valence-corrected chi connectivity index (χ0v) is 16.8. The number of methoxy groups -OCH3 is 1. The minimum atomic E-state index is -0.274. The Kier molecular flexibility index (Phi) is 6.20. The van der Waals surface area contributed by atoms with Crippen LogP contribution in [-0.4, -0.2) is 23.6 Å². The molecule has 0 atom stereocenters. The second kappa shape index (κ2) is 8.79. The average Bonchev–Trinajstić information content (AvgIpc) is 3.00. The molecule has 3 rings (SSSR count). The minimum absolute atomic E-state index is 0.153. The molecule has 1 fully saturated rings. The molecule has 0 radical (unpaired) electrons. The maximum Gasteiger partial charge on any atom is 0.262 e. The largest absolute Gasteiger partial charge is 0.497 e. The number of hydrogen-bond donors (Lipinski definition) is 1. The summed E-state index contributed by atoms with van der Waals surface area (Å²) in [5.41, 5.74) is 4.07. The third-order valence-electron chi connectivity index (χ3n) is 5.41. The van der Waals surface area contributed by atoms with Gasteiger partial charge in [-0.3, -0.25) is 4.79 Å². The molecule has 1 aliphatic rings. The molecule has 1 aliphatic carbocycles. The van der Waals surface area contributed by atoms with Crippen LogP contribution in [0.2, 0.25) is 0 Å². The van der Waals surface area contributed by atoms with Crippen LogP contribution in [0.5, 0.6) is 5.75 Å². The number of aryl methyl sites for hydroxylation is 1. The number of ether oxygens (including phenoxy) is 1. The summed E-state index contributed by atoms with van der Waals surface area (Å²) < 4.78 is 7.34. The Balaban J connectivity index is 1.85. The van der Waals surface area contributed by atoms with E-state index in [9.17, 15) is 10.1 Å². The third-order valence-corrected chi connectivity index (χ3v) is 5.41. The van der Waals surface area contributed by atoms with E-state index >= 15 is 0 Å². The SMILES string of the molecule is COc1ccc(-n2c(C)cc(/C=C(\C#N)C(=O)NC3CCCCC3)c2C)cc1. The highest BCUT2D eigenvalue weighted by Crippen LogP contribution is 2.24. The summed E-state index contributed by atoms with van der Waals surface area (Å²) in [6.45, 7) is 4.01. The van der Waals surface area contributed by atoms with Gasteiger partial charge in [-0.15, -0.1) is 0 Å². The fourth-order valence-corrected chi connectivity index (χ4v) is 3.88. The highest BCUT2D eigenvalue weighted by molar-refractivity contribution is 6.02. The first-order valence-electron chi connectivity index (χ1n) is 9.79. The van der Waals surface area contributed by atoms with Crippen molar-refractivity contribution in [3.05, 3.63) is 52.9 Å². The lowest BCUT2D eigenvalue weighted by molar-refractivity contribution is -0.117. The first-order chi connectivity index (χ1) is 13.5. The van der Waals surface area contributed by atoms with Gasteiger partial charge in [-0.25, -0.2) is 0 Å². The van der Waals surface area contributed by atoms with Gasteiger partial charge >= 0.3 is 0 Å². The number of rotatable bonds is 5. The normalized spacial score (nSPS) is 15.1. The van der Waals surface area contributed by atoms with E-state index in [0.717, 1.165) is 54.1 Å². The zero-order valence-electron chi connectivity index (χ0n) is 16.8. The molecule has 5 nitrogen and oxygen atoms in total. The second-order valence-electron chi connectivity index (χ2n) is 7.34. The molecule has 28 heavy (non-hydrogen) atoms. The standard InChI is InChI=1S/C23H27N3O2/c1-16-13-18(17(2)26(16)21-9-11-22(28-3)12-10-21)14-19(15-24)23(27)25-20-7-5-4-6-8-20/h9-14,20H,4-8H2,1-3H3,(H,25,27)/b19-14+. The molecule has 1 amide bonds. The molecule has 0 saturated heterocycles. The molecular weight excluding hydrogens is 350 g/mol. The summed E-state index contributed by atoms with van der Waals surface area (Å²) in [7, 11) is 1.64. The molecule has 146 valence electrons. The Morgan fingerprint density at radius 2 is 1.89 bits per heavy atom. The van der Waals surface area contributed by atoms with Crippen LogP contribution in [0.1, 0.15) is 49.1 Å². The Morgan fingerprint density at radius 3 is 2.50 bits per heavy atom. The van der Waals surface area contributed by atoms with Crippen molar-refractivity contribution < 1.29 is 9.53 Å². The van der Waals surface area contributed by atoms with Crippen LogP contribution in [-0.2, 0) is 4.79 Å². The van der Waals surface area contributed by atoms with Crippen molar-refractivity contribution in [2.75, 3.05) is 7.11 Å². The van der Waals surface area contributed by atoms with Crippen LogP contribution >= 0.6 is 0 Å². The van der Waals surface area contributed by atoms with E-state index in [1.54, 1.807) is 13.2 Å². The van der Waals surface area contributed by atoms with Crippen molar-refractivity contribution in [2.45, 2.75) is 52.0 Å². The predicted octanol–water partition coefficient (Wildman–Crippen LogP) is 4.46. The molecule has 1 aromatic heterocycles. The van der Waals surface area contributed by atoms with Crippen LogP contribution in [0.25, 0.3) is 11.8 Å². The van der Waals surface area contributed by atoms with Crippen molar-refractivity contribution in [1.29, 1.82) is 5.26 Å². The molecule has 1 aromatic carbocycles. The first-order valence-corrected chi connectivity index (χ1v) is 9.79. The summed E-state index contributed by atoms with van der Waals surface area (Å²) >= 11 is 0. The lowest BCUT2D eigenvalue weighted by Gasteiger charge is -2.22. The van der Waals surface area contributed by atoms with E-state index in [-0.39, 0.29) is 17.5 Å². The molecule has 0 spiro atoms. The number of carbonyl (C=O) groups excluding carboxylic acids is 1. The monoisotopic (exact) mass is 377 g/mol. The topological polar surface area (TPSA) is 67.0 Å². The van der Waals surface area contributed by atoms with Crippen molar-refractivity contribution in [2.24, 2.45) is 0 Å². The molecule has 0 aliphatic heterocycles. The number of aromatic nitrogens is 1. The number of nitriles is 1. The number of amides is 1. The number of hydrogen-bond acceptors (Lipinski definition) is 3. The summed E-state index contributed by atoms with van der Waals surface area (Å²) in [5, 5.41) is 12.6. The molecule has 2 aromatic rings. The molecule has 0 unspecified atom stereocenters. The van der Waals surface area contributed by atoms with Gasteiger partial charge < -0.3 is 14.6 Å². The van der Waals surface area contributed by atoms with Gasteiger partial charge in [0.05, 0.1) is 7.11 Å². The maximum atomic E-state index is 12.6. The van der Waals surface area contributed by atoms with Crippen molar-refractivity contribution in [1.82, 2.24) is 9.88 Å². The third kappa shape index (κ3) is 4.28. The maximum absolute atomic E-state index is 12.6. The van der Waals surface area contributed by atoms with E-state index in [0.29, 0.717) is 0 Å². The Morgan fingerprint density at radius 1 is 1.21 bits per heavy atom. The van der Waals surface area contributed by atoms with Gasteiger partial charge in [-0.1, -0.05) is 19.3 Å². The predicted molar refractivity (Wildman–Crippen MR) is 110 cm³/mol. The number of nitrogens with zero attached hydrogens (tertiary/aromatic N) is 2. The second-order valence-corrected chi connectivity index (χ2v) is 7.34. The molecule has 0 bridgehead atoms. The van der Waals surface area contributed by atoms with Gasteiger partial charge in [0, 0.05) is 23.1 Å². The van der Waals surface area contributed by atoms with E-state index < -0.39 is 0 Å². The highest BCUT2D eigenvalue weighted by Gasteiger charge is 2.19. The Bertz CT molecular complexity index is 911. The van der Waals surface area contributed by atoms with Crippen molar-refractivity contribution >= 4 is 12.0 Å². The minimum Gasteiger partial charge on any atom is -0.497 e. The van der Waals surface area contributed by atoms with Crippen LogP contribution in [0, 0.1) is 25.2 Å². The average molecular weight is 377 g/mol. The van der Waals surface area contributed by atoms with E-state index in [1.807, 2.05) is 44.2 Å². The van der Waals surface area contributed by atoms with Crippen LogP contribution in [0.15, 0.2) is 35.9 Å². The van der Waals surface area contributed by atoms with Gasteiger partial charge in [0.15, 0.2) is 0 Å². The molecule has 5 heteroatoms. The molecular formula is C23H27N3O2. The van der Waals surface area contributed by atoms with Gasteiger partial charge in [-0.05, 0) is 68.7 Å². The number of benzene rings is 1. The van der Waals surface area contributed by atoms with E-state index in [2.05, 4.69) is 16.0 Å². The zero-order chi connectivity index (χ0) is 20.1. The smallest absolute Gasteiger partial charge is 0.262 e. The summed E-state index contributed by atoms with van der Waals surface area (Å²) in [6, 6.07) is 12.1. The molecule has 1 heterocycles. The van der Waals surface area contributed by atoms with E-state index in [4.69, 9.17) is 4.74 Å². The van der Waals surface area contributed by atoms with Gasteiger partial charge in [0.25, 0.3) is 5.91 Å². The van der Waals surface area contributed by atoms with Crippen molar-refractivity contribution in [3.63, 3.8) is 0 Å². The first kappa shape index (κ1) is 19.8. The summed E-state index contributed by atoms with van der Waals surface area (Å²) in [4.78, 5) is 12.6. The van der Waals surface area contributed by atoms with Crippen molar-refractivity contribution in [3.8, 4) is 17.5 Å². The lowest BCUT2D eigenvalue weighted by Crippen LogP contribution is -2.36. The fourth-order valence-electron chi connectivity index (χ4n) is 3.88. The number of carbonyl (C=O) groups is 1. The summed E-state index contributed by atoms with van der Waals surface area (Å²) in [5.74, 6) is 0.529. The van der Waals surface area contributed by atoms with Crippen LogP contribution < -0.4 is 10.1 Å². The highest BCUT2D eigenvalue weighted by atomic mass is 16.5. The lowest BCUT2D eigenvalue weighted by atomic mass is 9.95. The fraction of sp³-hybridized carbons (Fsp3) is 0.391. The Hall–Kier alpha value is -3.00. The van der Waals surface area contributed by atoms with Crippen LogP contribution in [0.4, 0.5) is 0 Å². The molecule has 1 N–H and O–H groups in total. The molecule has 1 saturated carbocycles. The van der Waals surface area contributed by atoms with Gasteiger partial charge in [0.2, 0.25) is 0 Å². The quantitative estimate of drug-likeness (QED) is 0.618. The van der Waals surface area contributed by atoms with E-state index in [1.165, 1.54) is 6.42 Å². The van der Waals surface area contributed by atoms with Crippen LogP contribution in [0.3, 0.4) is 0 Å². The Labute approximate surface area is 166 Å². The summed E-state index contributed by atoms with van der Waals surface area (Å²) in [6.07, 6.45) is 7.19. The number of nitrogens with one attached hydrogen (secondary N) is 1.